The number of thioether (sulfide) groups is 1. The molecule has 2 aliphatic rings. The van der Waals surface area contributed by atoms with Gasteiger partial charge in [0, 0.05) is 11.9 Å². The third kappa shape index (κ3) is 5.27. The number of amides is 1. The van der Waals surface area contributed by atoms with Crippen molar-refractivity contribution >= 4 is 34.5 Å². The zero-order valence-corrected chi connectivity index (χ0v) is 21.4. The highest BCUT2D eigenvalue weighted by atomic mass is 32.2. The summed E-state index contributed by atoms with van der Waals surface area (Å²) in [4.78, 5) is 31.8. The highest BCUT2D eigenvalue weighted by Gasteiger charge is 2.37. The first-order valence-electron chi connectivity index (χ1n) is 11.5. The molecule has 7 nitrogen and oxygen atoms in total. The van der Waals surface area contributed by atoms with Crippen molar-refractivity contribution in [2.75, 3.05) is 18.5 Å². The fourth-order valence-corrected chi connectivity index (χ4v) is 5.14. The Morgan fingerprint density at radius 3 is 2.43 bits per heavy atom. The Kier molecular flexibility index (Phi) is 7.31. The minimum Gasteiger partial charge on any atom is -0.484 e. The van der Waals surface area contributed by atoms with E-state index in [0.29, 0.717) is 23.6 Å². The summed E-state index contributed by atoms with van der Waals surface area (Å²) in [6.07, 6.45) is 1.92. The van der Waals surface area contributed by atoms with Crippen molar-refractivity contribution in [3.8, 4) is 5.75 Å². The van der Waals surface area contributed by atoms with Gasteiger partial charge in [-0.05, 0) is 68.8 Å². The molecule has 0 bridgehead atoms. The monoisotopic (exact) mass is 491 g/mol. The van der Waals surface area contributed by atoms with Crippen LogP contribution in [0.4, 0.5) is 5.69 Å². The zero-order valence-electron chi connectivity index (χ0n) is 20.5. The molecule has 4 rings (SSSR count). The first-order valence-corrected chi connectivity index (χ1v) is 12.3. The molecule has 0 saturated carbocycles. The van der Waals surface area contributed by atoms with Crippen LogP contribution in [0.2, 0.25) is 0 Å². The molecular formula is C27H29N3O4S. The summed E-state index contributed by atoms with van der Waals surface area (Å²) in [6, 6.07) is 11.1. The van der Waals surface area contributed by atoms with Crippen LogP contribution in [0.1, 0.15) is 42.1 Å². The summed E-state index contributed by atoms with van der Waals surface area (Å²) in [7, 11) is 0. The van der Waals surface area contributed by atoms with Crippen LogP contribution in [-0.2, 0) is 14.3 Å². The summed E-state index contributed by atoms with van der Waals surface area (Å²) >= 11 is 1.51. The van der Waals surface area contributed by atoms with Crippen LogP contribution in [0, 0.1) is 20.8 Å². The lowest BCUT2D eigenvalue weighted by molar-refractivity contribution is -0.139. The summed E-state index contributed by atoms with van der Waals surface area (Å²) < 4.78 is 11.1. The van der Waals surface area contributed by atoms with E-state index >= 15 is 0 Å². The van der Waals surface area contributed by atoms with E-state index in [1.807, 2.05) is 68.5 Å². The standard InChI is InChI=1S/C27H29N3O4S/c1-6-33-26(32)23-19(5)28-27-30(11-12-35-27)25(23)20-7-9-21(10-8-20)34-15-22(31)29-24-17(3)13-16(2)14-18(24)4/h7-14,25H,6,15H2,1-5H3,(H,29,31)/t25-/m0/s1. The van der Waals surface area contributed by atoms with Crippen LogP contribution in [0.3, 0.4) is 0 Å². The number of carbonyl (C=O) groups is 2. The van der Waals surface area contributed by atoms with E-state index in [0.717, 1.165) is 33.1 Å². The number of amidine groups is 1. The third-order valence-electron chi connectivity index (χ3n) is 5.82. The molecule has 1 N–H and O–H groups in total. The molecule has 0 aliphatic carbocycles. The van der Waals surface area contributed by atoms with Gasteiger partial charge in [-0.2, -0.15) is 0 Å². The Labute approximate surface area is 209 Å². The smallest absolute Gasteiger partial charge is 0.338 e. The van der Waals surface area contributed by atoms with E-state index in [2.05, 4.69) is 10.3 Å². The number of carbonyl (C=O) groups excluding carboxylic acids is 2. The van der Waals surface area contributed by atoms with Crippen LogP contribution < -0.4 is 10.1 Å². The Morgan fingerprint density at radius 2 is 1.77 bits per heavy atom. The number of benzene rings is 2. The van der Waals surface area contributed by atoms with Crippen molar-refractivity contribution in [3.05, 3.63) is 81.5 Å². The van der Waals surface area contributed by atoms with E-state index in [1.54, 1.807) is 19.1 Å². The molecule has 35 heavy (non-hydrogen) atoms. The average molecular weight is 492 g/mol. The highest BCUT2D eigenvalue weighted by Crippen LogP contribution is 2.41. The van der Waals surface area contributed by atoms with Crippen molar-refractivity contribution in [3.63, 3.8) is 0 Å². The van der Waals surface area contributed by atoms with Gasteiger partial charge in [-0.15, -0.1) is 0 Å². The number of aryl methyl sites for hydroxylation is 3. The number of esters is 1. The molecule has 1 amide bonds. The van der Waals surface area contributed by atoms with Crippen molar-refractivity contribution in [2.24, 2.45) is 4.99 Å². The fraction of sp³-hybridized carbons (Fsp3) is 0.296. The number of rotatable bonds is 7. The molecule has 2 aromatic carbocycles. The minimum absolute atomic E-state index is 0.106. The maximum Gasteiger partial charge on any atom is 0.338 e. The molecule has 2 aromatic rings. The van der Waals surface area contributed by atoms with Gasteiger partial charge >= 0.3 is 5.97 Å². The summed E-state index contributed by atoms with van der Waals surface area (Å²) in [5, 5.41) is 5.71. The van der Waals surface area contributed by atoms with Gasteiger partial charge in [0.05, 0.1) is 23.9 Å². The lowest BCUT2D eigenvalue weighted by atomic mass is 9.95. The molecule has 0 spiro atoms. The molecule has 0 unspecified atom stereocenters. The zero-order chi connectivity index (χ0) is 25.1. The number of allylic oxidation sites excluding steroid dienone is 1. The topological polar surface area (TPSA) is 80.2 Å². The maximum atomic E-state index is 12.8. The number of aliphatic imine (C=N–C) groups is 1. The third-order valence-corrected chi connectivity index (χ3v) is 6.59. The minimum atomic E-state index is -0.373. The number of anilines is 1. The highest BCUT2D eigenvalue weighted by molar-refractivity contribution is 8.16. The summed E-state index contributed by atoms with van der Waals surface area (Å²) in [6.45, 7) is 9.79. The molecule has 0 fully saturated rings. The molecule has 2 aliphatic heterocycles. The summed E-state index contributed by atoms with van der Waals surface area (Å²) in [5.74, 6) is -0.0305. The molecule has 182 valence electrons. The van der Waals surface area contributed by atoms with Crippen molar-refractivity contribution < 1.29 is 19.1 Å². The molecule has 8 heteroatoms. The van der Waals surface area contributed by atoms with Crippen LogP contribution in [0.25, 0.3) is 0 Å². The molecular weight excluding hydrogens is 462 g/mol. The van der Waals surface area contributed by atoms with E-state index in [1.165, 1.54) is 11.8 Å². The van der Waals surface area contributed by atoms with E-state index in [4.69, 9.17) is 9.47 Å². The van der Waals surface area contributed by atoms with Gasteiger partial charge < -0.3 is 19.7 Å². The van der Waals surface area contributed by atoms with Crippen LogP contribution >= 0.6 is 11.8 Å². The molecule has 0 radical (unpaired) electrons. The number of fused-ring (bicyclic) bond motifs is 1. The maximum absolute atomic E-state index is 12.8. The number of hydrogen-bond donors (Lipinski definition) is 1. The normalized spacial score (nSPS) is 16.7. The molecule has 0 aromatic heterocycles. The van der Waals surface area contributed by atoms with Crippen LogP contribution in [0.15, 0.2) is 64.3 Å². The Bertz CT molecular complexity index is 1220. The Hall–Kier alpha value is -3.52. The second-order valence-electron chi connectivity index (χ2n) is 8.51. The Morgan fingerprint density at radius 1 is 1.09 bits per heavy atom. The predicted octanol–water partition coefficient (Wildman–Crippen LogP) is 5.40. The average Bonchev–Trinajstić information content (AvgIpc) is 3.27. The SMILES string of the molecule is CCOC(=O)C1=C(C)N=C2SC=CN2[C@H]1c1ccc(OCC(=O)Nc2c(C)cc(C)cc2C)cc1. The van der Waals surface area contributed by atoms with Crippen LogP contribution in [-0.4, -0.2) is 35.2 Å². The molecule has 1 atom stereocenters. The van der Waals surface area contributed by atoms with Gasteiger partial charge in [0.15, 0.2) is 11.8 Å². The second kappa shape index (κ2) is 10.4. The van der Waals surface area contributed by atoms with Crippen LogP contribution in [0.5, 0.6) is 5.75 Å². The lowest BCUT2D eigenvalue weighted by Gasteiger charge is -2.33. The van der Waals surface area contributed by atoms with Gasteiger partial charge in [-0.25, -0.2) is 9.79 Å². The number of nitrogens with one attached hydrogen (secondary N) is 1. The van der Waals surface area contributed by atoms with E-state index < -0.39 is 0 Å². The van der Waals surface area contributed by atoms with Crippen molar-refractivity contribution in [2.45, 2.75) is 40.7 Å². The van der Waals surface area contributed by atoms with Gasteiger partial charge in [-0.3, -0.25) is 4.79 Å². The van der Waals surface area contributed by atoms with E-state index in [-0.39, 0.29) is 24.5 Å². The summed E-state index contributed by atoms with van der Waals surface area (Å²) in [5.41, 5.74) is 6.07. The van der Waals surface area contributed by atoms with Gasteiger partial charge in [-0.1, -0.05) is 41.6 Å². The van der Waals surface area contributed by atoms with Crippen molar-refractivity contribution in [1.82, 2.24) is 4.90 Å². The van der Waals surface area contributed by atoms with Crippen molar-refractivity contribution in [1.29, 1.82) is 0 Å². The number of ether oxygens (including phenoxy) is 2. The fourth-order valence-electron chi connectivity index (χ4n) is 4.35. The largest absolute Gasteiger partial charge is 0.484 e. The van der Waals surface area contributed by atoms with Gasteiger partial charge in [0.25, 0.3) is 5.91 Å². The molecule has 0 saturated heterocycles. The first-order chi connectivity index (χ1) is 16.8. The second-order valence-corrected chi connectivity index (χ2v) is 9.38. The quantitative estimate of drug-likeness (QED) is 0.523. The molecule has 2 heterocycles. The number of nitrogens with zero attached hydrogens (tertiary/aromatic N) is 2. The van der Waals surface area contributed by atoms with Gasteiger partial charge in [0.1, 0.15) is 5.75 Å². The predicted molar refractivity (Wildman–Crippen MR) is 139 cm³/mol. The van der Waals surface area contributed by atoms with E-state index in [9.17, 15) is 9.59 Å². The Balaban J connectivity index is 1.47. The first kappa shape index (κ1) is 24.6. The lowest BCUT2D eigenvalue weighted by Crippen LogP contribution is -2.34. The number of hydrogen-bond acceptors (Lipinski definition) is 7. The van der Waals surface area contributed by atoms with Gasteiger partial charge in [0.2, 0.25) is 0 Å².